The number of esters is 1. The molecule has 0 aliphatic carbocycles. The number of benzene rings is 3. The van der Waals surface area contributed by atoms with Gasteiger partial charge in [0.1, 0.15) is 5.75 Å². The average molecular weight is 416 g/mol. The third-order valence-corrected chi connectivity index (χ3v) is 4.63. The van der Waals surface area contributed by atoms with Gasteiger partial charge in [-0.15, -0.1) is 0 Å². The number of carbonyl (C=O) groups is 3. The van der Waals surface area contributed by atoms with Crippen LogP contribution in [0.25, 0.3) is 0 Å². The lowest BCUT2D eigenvalue weighted by Crippen LogP contribution is -2.23. The Labute approximate surface area is 181 Å². The molecule has 0 atom stereocenters. The van der Waals surface area contributed by atoms with Crippen LogP contribution >= 0.6 is 0 Å². The molecule has 31 heavy (non-hydrogen) atoms. The molecule has 0 bridgehead atoms. The van der Waals surface area contributed by atoms with E-state index >= 15 is 0 Å². The summed E-state index contributed by atoms with van der Waals surface area (Å²) in [6.07, 6.45) is 0.298. The van der Waals surface area contributed by atoms with E-state index in [4.69, 9.17) is 4.74 Å². The molecule has 6 heteroatoms. The van der Waals surface area contributed by atoms with E-state index in [0.717, 1.165) is 16.7 Å². The molecule has 0 fully saturated rings. The van der Waals surface area contributed by atoms with E-state index in [9.17, 15) is 14.4 Å². The van der Waals surface area contributed by atoms with E-state index < -0.39 is 5.97 Å². The highest BCUT2D eigenvalue weighted by atomic mass is 16.5. The van der Waals surface area contributed by atoms with Gasteiger partial charge in [-0.05, 0) is 53.9 Å². The maximum Gasteiger partial charge on any atom is 0.308 e. The predicted molar refractivity (Wildman–Crippen MR) is 119 cm³/mol. The first kappa shape index (κ1) is 21.8. The van der Waals surface area contributed by atoms with Crippen molar-refractivity contribution in [2.75, 3.05) is 5.32 Å². The third kappa shape index (κ3) is 6.54. The number of rotatable bonds is 7. The smallest absolute Gasteiger partial charge is 0.308 e. The number of hydrogen-bond acceptors (Lipinski definition) is 4. The highest BCUT2D eigenvalue weighted by molar-refractivity contribution is 5.95. The van der Waals surface area contributed by atoms with Crippen molar-refractivity contribution < 1.29 is 19.1 Å². The fourth-order valence-corrected chi connectivity index (χ4v) is 3.10. The molecule has 6 nitrogen and oxygen atoms in total. The molecule has 2 N–H and O–H groups in total. The number of hydrogen-bond donors (Lipinski definition) is 2. The van der Waals surface area contributed by atoms with Crippen LogP contribution in [0.2, 0.25) is 0 Å². The molecular weight excluding hydrogens is 392 g/mol. The van der Waals surface area contributed by atoms with Gasteiger partial charge in [0.15, 0.2) is 0 Å². The molecule has 3 rings (SSSR count). The molecule has 3 aromatic rings. The number of anilines is 1. The van der Waals surface area contributed by atoms with Crippen molar-refractivity contribution in [2.45, 2.75) is 26.8 Å². The fourth-order valence-electron chi connectivity index (χ4n) is 3.10. The molecule has 0 spiro atoms. The van der Waals surface area contributed by atoms with Gasteiger partial charge in [-0.25, -0.2) is 0 Å². The van der Waals surface area contributed by atoms with Crippen molar-refractivity contribution in [2.24, 2.45) is 0 Å². The molecule has 0 aromatic heterocycles. The zero-order valence-corrected chi connectivity index (χ0v) is 17.5. The Morgan fingerprint density at radius 2 is 1.68 bits per heavy atom. The Morgan fingerprint density at radius 3 is 2.45 bits per heavy atom. The number of ether oxygens (including phenoxy) is 1. The van der Waals surface area contributed by atoms with Crippen LogP contribution in [0.4, 0.5) is 5.69 Å². The lowest BCUT2D eigenvalue weighted by molar-refractivity contribution is -0.131. The summed E-state index contributed by atoms with van der Waals surface area (Å²) < 4.78 is 5.01. The van der Waals surface area contributed by atoms with Crippen LogP contribution in [0.15, 0.2) is 72.8 Å². The normalized spacial score (nSPS) is 10.3. The summed E-state index contributed by atoms with van der Waals surface area (Å²) in [5.74, 6) is -0.516. The van der Waals surface area contributed by atoms with Gasteiger partial charge < -0.3 is 15.4 Å². The first-order valence-electron chi connectivity index (χ1n) is 9.90. The van der Waals surface area contributed by atoms with Gasteiger partial charge in [-0.3, -0.25) is 14.4 Å². The summed E-state index contributed by atoms with van der Waals surface area (Å²) in [7, 11) is 0. The summed E-state index contributed by atoms with van der Waals surface area (Å²) in [5.41, 5.74) is 3.97. The second-order valence-corrected chi connectivity index (χ2v) is 7.16. The zero-order valence-electron chi connectivity index (χ0n) is 17.5. The second kappa shape index (κ2) is 10.2. The van der Waals surface area contributed by atoms with E-state index in [2.05, 4.69) is 10.6 Å². The summed E-state index contributed by atoms with van der Waals surface area (Å²) >= 11 is 0. The highest BCUT2D eigenvalue weighted by Crippen LogP contribution is 2.15. The lowest BCUT2D eigenvalue weighted by atomic mass is 10.1. The van der Waals surface area contributed by atoms with Crippen LogP contribution in [-0.2, 0) is 22.6 Å². The van der Waals surface area contributed by atoms with E-state index in [1.165, 1.54) is 13.0 Å². The van der Waals surface area contributed by atoms with Gasteiger partial charge in [0, 0.05) is 24.7 Å². The molecule has 0 unspecified atom stereocenters. The van der Waals surface area contributed by atoms with E-state index in [-0.39, 0.29) is 18.4 Å². The molecule has 158 valence electrons. The Balaban J connectivity index is 1.58. The first-order chi connectivity index (χ1) is 14.9. The quantitative estimate of drug-likeness (QED) is 0.450. The van der Waals surface area contributed by atoms with Crippen molar-refractivity contribution in [3.8, 4) is 5.75 Å². The first-order valence-corrected chi connectivity index (χ1v) is 9.90. The van der Waals surface area contributed by atoms with Crippen LogP contribution in [0.3, 0.4) is 0 Å². The van der Waals surface area contributed by atoms with Gasteiger partial charge in [-0.1, -0.05) is 42.5 Å². The topological polar surface area (TPSA) is 84.5 Å². The van der Waals surface area contributed by atoms with Crippen LogP contribution in [0.5, 0.6) is 5.75 Å². The molecule has 0 aliphatic rings. The van der Waals surface area contributed by atoms with Gasteiger partial charge >= 0.3 is 5.97 Å². The van der Waals surface area contributed by atoms with Crippen LogP contribution in [0.1, 0.15) is 34.0 Å². The summed E-state index contributed by atoms with van der Waals surface area (Å²) in [5, 5.41) is 5.73. The number of nitrogens with one attached hydrogen (secondary N) is 2. The lowest BCUT2D eigenvalue weighted by Gasteiger charge is -2.10. The molecule has 3 aromatic carbocycles. The molecule has 0 saturated carbocycles. The Morgan fingerprint density at radius 1 is 0.903 bits per heavy atom. The van der Waals surface area contributed by atoms with Crippen molar-refractivity contribution in [1.29, 1.82) is 0 Å². The fraction of sp³-hybridized carbons (Fsp3) is 0.160. The van der Waals surface area contributed by atoms with Crippen molar-refractivity contribution >= 4 is 23.5 Å². The molecule has 0 aliphatic heterocycles. The molecular formula is C25H24N2O4. The Hall–Kier alpha value is -3.93. The zero-order chi connectivity index (χ0) is 22.2. The number of carbonyl (C=O) groups excluding carboxylic acids is 3. The van der Waals surface area contributed by atoms with Gasteiger partial charge in [0.2, 0.25) is 5.91 Å². The van der Waals surface area contributed by atoms with E-state index in [1.807, 2.05) is 55.5 Å². The molecule has 0 saturated heterocycles. The van der Waals surface area contributed by atoms with Crippen molar-refractivity contribution in [3.63, 3.8) is 0 Å². The minimum Gasteiger partial charge on any atom is -0.427 e. The third-order valence-electron chi connectivity index (χ3n) is 4.63. The minimum atomic E-state index is -0.446. The van der Waals surface area contributed by atoms with Crippen molar-refractivity contribution in [3.05, 3.63) is 95.1 Å². The minimum absolute atomic E-state index is 0.0993. The average Bonchev–Trinajstić information content (AvgIpc) is 2.73. The molecule has 0 radical (unpaired) electrons. The van der Waals surface area contributed by atoms with Gasteiger partial charge in [-0.2, -0.15) is 0 Å². The van der Waals surface area contributed by atoms with E-state index in [0.29, 0.717) is 23.4 Å². The van der Waals surface area contributed by atoms with Gasteiger partial charge in [0.25, 0.3) is 5.91 Å². The predicted octanol–water partition coefficient (Wildman–Crippen LogP) is 4.03. The SMILES string of the molecule is CC(=O)Oc1cccc(C(=O)NCc2cccc(NC(=O)Cc3ccccc3C)c2)c1. The number of amides is 2. The summed E-state index contributed by atoms with van der Waals surface area (Å²) in [6.45, 7) is 3.57. The van der Waals surface area contributed by atoms with Crippen LogP contribution in [0, 0.1) is 6.92 Å². The van der Waals surface area contributed by atoms with E-state index in [1.54, 1.807) is 18.2 Å². The summed E-state index contributed by atoms with van der Waals surface area (Å²) in [6, 6.07) is 21.5. The van der Waals surface area contributed by atoms with Crippen LogP contribution in [-0.4, -0.2) is 17.8 Å². The largest absolute Gasteiger partial charge is 0.427 e. The molecule has 2 amide bonds. The van der Waals surface area contributed by atoms with Crippen LogP contribution < -0.4 is 15.4 Å². The molecule has 0 heterocycles. The Kier molecular flexibility index (Phi) is 7.17. The second-order valence-electron chi connectivity index (χ2n) is 7.16. The monoisotopic (exact) mass is 416 g/mol. The maximum absolute atomic E-state index is 12.4. The van der Waals surface area contributed by atoms with Gasteiger partial charge in [0.05, 0.1) is 6.42 Å². The Bertz CT molecular complexity index is 1110. The highest BCUT2D eigenvalue weighted by Gasteiger charge is 2.09. The summed E-state index contributed by atoms with van der Waals surface area (Å²) in [4.78, 5) is 35.9. The standard InChI is InChI=1S/C25H24N2O4/c1-17-7-3-4-9-20(17)15-24(29)27-22-11-5-8-19(13-22)16-26-25(30)21-10-6-12-23(14-21)31-18(2)28/h3-14H,15-16H2,1-2H3,(H,26,30)(H,27,29). The maximum atomic E-state index is 12.4. The van der Waals surface area contributed by atoms with Crippen molar-refractivity contribution in [1.82, 2.24) is 5.32 Å². The number of aryl methyl sites for hydroxylation is 1.